The highest BCUT2D eigenvalue weighted by Crippen LogP contribution is 2.12. The number of carbonyl (C=O) groups excluding carboxylic acids is 3. The number of methoxy groups -OCH3 is 1. The molecule has 160 valence electrons. The van der Waals surface area contributed by atoms with Gasteiger partial charge >= 0.3 is 5.97 Å². The molecule has 0 heterocycles. The SMILES string of the molecule is COC(=O)c1ccc(NC(=O)C(=CC=Cc2ccccc2)NC(=O)c2ccccc2)cc1. The number of allylic oxidation sites excluding steroid dienone is 2. The van der Waals surface area contributed by atoms with Gasteiger partial charge in [-0.3, -0.25) is 9.59 Å². The van der Waals surface area contributed by atoms with Crippen LogP contribution in [0.5, 0.6) is 0 Å². The Hall–Kier alpha value is -4.45. The first kappa shape index (κ1) is 22.2. The monoisotopic (exact) mass is 426 g/mol. The van der Waals surface area contributed by atoms with Gasteiger partial charge in [-0.2, -0.15) is 0 Å². The summed E-state index contributed by atoms with van der Waals surface area (Å²) in [4.78, 5) is 37.0. The van der Waals surface area contributed by atoms with E-state index in [2.05, 4.69) is 15.4 Å². The molecule has 2 amide bonds. The lowest BCUT2D eigenvalue weighted by Crippen LogP contribution is -2.30. The average molecular weight is 426 g/mol. The van der Waals surface area contributed by atoms with E-state index in [1.165, 1.54) is 13.2 Å². The Morgan fingerprint density at radius 3 is 2.03 bits per heavy atom. The molecule has 0 atom stereocenters. The molecule has 0 fully saturated rings. The summed E-state index contributed by atoms with van der Waals surface area (Å²) in [5.41, 5.74) is 2.29. The summed E-state index contributed by atoms with van der Waals surface area (Å²) < 4.78 is 4.67. The smallest absolute Gasteiger partial charge is 0.337 e. The van der Waals surface area contributed by atoms with E-state index in [9.17, 15) is 14.4 Å². The quantitative estimate of drug-likeness (QED) is 0.332. The van der Waals surface area contributed by atoms with Gasteiger partial charge in [-0.1, -0.05) is 60.7 Å². The molecule has 0 bridgehead atoms. The van der Waals surface area contributed by atoms with Crippen LogP contribution in [0.2, 0.25) is 0 Å². The number of amides is 2. The molecule has 3 rings (SSSR count). The lowest BCUT2D eigenvalue weighted by atomic mass is 10.2. The molecule has 0 unspecified atom stereocenters. The number of esters is 1. The van der Waals surface area contributed by atoms with Crippen LogP contribution in [0, 0.1) is 0 Å². The molecule has 3 aromatic rings. The number of hydrogen-bond acceptors (Lipinski definition) is 4. The fraction of sp³-hybridized carbons (Fsp3) is 0.0385. The van der Waals surface area contributed by atoms with E-state index in [0.29, 0.717) is 16.8 Å². The molecule has 0 radical (unpaired) electrons. The Balaban J connectivity index is 1.79. The summed E-state index contributed by atoms with van der Waals surface area (Å²) in [5, 5.41) is 5.39. The van der Waals surface area contributed by atoms with E-state index in [4.69, 9.17) is 0 Å². The van der Waals surface area contributed by atoms with E-state index in [1.807, 2.05) is 36.4 Å². The molecule has 32 heavy (non-hydrogen) atoms. The van der Waals surface area contributed by atoms with Gasteiger partial charge in [0.1, 0.15) is 5.70 Å². The molecular formula is C26H22N2O4. The van der Waals surface area contributed by atoms with Gasteiger partial charge in [-0.25, -0.2) is 4.79 Å². The fourth-order valence-corrected chi connectivity index (χ4v) is 2.78. The minimum Gasteiger partial charge on any atom is -0.465 e. The molecule has 0 aliphatic rings. The van der Waals surface area contributed by atoms with Crippen LogP contribution in [-0.2, 0) is 9.53 Å². The van der Waals surface area contributed by atoms with Gasteiger partial charge < -0.3 is 15.4 Å². The minimum absolute atomic E-state index is 0.0723. The third kappa shape index (κ3) is 6.27. The lowest BCUT2D eigenvalue weighted by Gasteiger charge is -2.11. The van der Waals surface area contributed by atoms with Crippen molar-refractivity contribution in [1.82, 2.24) is 5.32 Å². The first-order valence-electron chi connectivity index (χ1n) is 9.86. The zero-order valence-electron chi connectivity index (χ0n) is 17.4. The van der Waals surface area contributed by atoms with Crippen molar-refractivity contribution in [3.05, 3.63) is 119 Å². The zero-order chi connectivity index (χ0) is 22.8. The summed E-state index contributed by atoms with van der Waals surface area (Å²) >= 11 is 0. The molecule has 6 nitrogen and oxygen atoms in total. The maximum Gasteiger partial charge on any atom is 0.337 e. The van der Waals surface area contributed by atoms with Crippen molar-refractivity contribution in [2.45, 2.75) is 0 Å². The Morgan fingerprint density at radius 2 is 1.41 bits per heavy atom. The Bertz CT molecular complexity index is 1140. The topological polar surface area (TPSA) is 84.5 Å². The normalized spacial score (nSPS) is 11.1. The van der Waals surface area contributed by atoms with E-state index >= 15 is 0 Å². The predicted molar refractivity (Wildman–Crippen MR) is 124 cm³/mol. The van der Waals surface area contributed by atoms with Crippen LogP contribution in [0.3, 0.4) is 0 Å². The Labute approximate surface area is 186 Å². The van der Waals surface area contributed by atoms with Crippen molar-refractivity contribution >= 4 is 29.5 Å². The van der Waals surface area contributed by atoms with Crippen LogP contribution >= 0.6 is 0 Å². The molecule has 0 saturated heterocycles. The third-order valence-electron chi connectivity index (χ3n) is 4.44. The number of ether oxygens (including phenoxy) is 1. The van der Waals surface area contributed by atoms with Crippen LogP contribution in [0.1, 0.15) is 26.3 Å². The first-order chi connectivity index (χ1) is 15.6. The number of carbonyl (C=O) groups is 3. The highest BCUT2D eigenvalue weighted by atomic mass is 16.5. The molecule has 0 saturated carbocycles. The van der Waals surface area contributed by atoms with E-state index in [-0.39, 0.29) is 5.70 Å². The summed E-state index contributed by atoms with van der Waals surface area (Å²) in [5.74, 6) is -1.37. The highest BCUT2D eigenvalue weighted by molar-refractivity contribution is 6.08. The largest absolute Gasteiger partial charge is 0.465 e. The maximum absolute atomic E-state index is 12.9. The number of rotatable bonds is 7. The summed E-state index contributed by atoms with van der Waals surface area (Å²) in [6, 6.07) is 24.5. The van der Waals surface area contributed by atoms with Crippen LogP contribution in [0.4, 0.5) is 5.69 Å². The van der Waals surface area contributed by atoms with Crippen LogP contribution in [-0.4, -0.2) is 24.9 Å². The Morgan fingerprint density at radius 1 is 0.781 bits per heavy atom. The minimum atomic E-state index is -0.502. The first-order valence-corrected chi connectivity index (χ1v) is 9.86. The molecule has 3 aromatic carbocycles. The average Bonchev–Trinajstić information content (AvgIpc) is 2.84. The van der Waals surface area contributed by atoms with Gasteiger partial charge in [0.2, 0.25) is 0 Å². The molecule has 2 N–H and O–H groups in total. The van der Waals surface area contributed by atoms with Gasteiger partial charge in [0.25, 0.3) is 11.8 Å². The van der Waals surface area contributed by atoms with Crippen molar-refractivity contribution in [3.63, 3.8) is 0 Å². The van der Waals surface area contributed by atoms with Crippen molar-refractivity contribution in [3.8, 4) is 0 Å². The summed E-state index contributed by atoms with van der Waals surface area (Å²) in [6.07, 6.45) is 5.05. The second kappa shape index (κ2) is 11.1. The van der Waals surface area contributed by atoms with Crippen molar-refractivity contribution < 1.29 is 19.1 Å². The second-order valence-corrected chi connectivity index (χ2v) is 6.69. The van der Waals surface area contributed by atoms with Gasteiger partial charge in [0.05, 0.1) is 12.7 Å². The number of benzene rings is 3. The van der Waals surface area contributed by atoms with E-state index in [0.717, 1.165) is 5.56 Å². The van der Waals surface area contributed by atoms with Crippen LogP contribution in [0.15, 0.2) is 103 Å². The number of anilines is 1. The van der Waals surface area contributed by atoms with Crippen molar-refractivity contribution in [2.24, 2.45) is 0 Å². The number of hydrogen-bond donors (Lipinski definition) is 2. The molecule has 6 heteroatoms. The third-order valence-corrected chi connectivity index (χ3v) is 4.44. The van der Waals surface area contributed by atoms with Crippen molar-refractivity contribution in [2.75, 3.05) is 12.4 Å². The van der Waals surface area contributed by atoms with E-state index in [1.54, 1.807) is 60.7 Å². The van der Waals surface area contributed by atoms with Crippen LogP contribution in [0.25, 0.3) is 6.08 Å². The molecule has 0 aliphatic carbocycles. The molecule has 0 spiro atoms. The zero-order valence-corrected chi connectivity index (χ0v) is 17.4. The van der Waals surface area contributed by atoms with E-state index < -0.39 is 17.8 Å². The molecule has 0 aliphatic heterocycles. The van der Waals surface area contributed by atoms with Gasteiger partial charge in [0, 0.05) is 11.3 Å². The predicted octanol–water partition coefficient (Wildman–Crippen LogP) is 4.44. The maximum atomic E-state index is 12.9. The molecule has 0 aromatic heterocycles. The standard InChI is InChI=1S/C26H22N2O4/c1-32-26(31)21-15-17-22(18-16-21)27-25(30)23(14-8-11-19-9-4-2-5-10-19)28-24(29)20-12-6-3-7-13-20/h2-18H,1H3,(H,27,30)(H,28,29). The second-order valence-electron chi connectivity index (χ2n) is 6.69. The highest BCUT2D eigenvalue weighted by Gasteiger charge is 2.14. The van der Waals surface area contributed by atoms with Gasteiger partial charge in [0.15, 0.2) is 0 Å². The van der Waals surface area contributed by atoms with Crippen molar-refractivity contribution in [1.29, 1.82) is 0 Å². The van der Waals surface area contributed by atoms with Gasteiger partial charge in [-0.05, 0) is 48.0 Å². The lowest BCUT2D eigenvalue weighted by molar-refractivity contribution is -0.113. The summed E-state index contributed by atoms with van der Waals surface area (Å²) in [7, 11) is 1.30. The summed E-state index contributed by atoms with van der Waals surface area (Å²) in [6.45, 7) is 0. The Kier molecular flexibility index (Phi) is 7.70. The number of nitrogens with one attached hydrogen (secondary N) is 2. The fourth-order valence-electron chi connectivity index (χ4n) is 2.78. The van der Waals surface area contributed by atoms with Crippen LogP contribution < -0.4 is 10.6 Å². The molecular weight excluding hydrogens is 404 g/mol. The van der Waals surface area contributed by atoms with Gasteiger partial charge in [-0.15, -0.1) is 0 Å².